The molecule has 0 unspecified atom stereocenters. The molecule has 0 aliphatic carbocycles. The summed E-state index contributed by atoms with van der Waals surface area (Å²) in [7, 11) is -0.421. The summed E-state index contributed by atoms with van der Waals surface area (Å²) in [4.78, 5) is 27.4. The van der Waals surface area contributed by atoms with Gasteiger partial charge in [0.25, 0.3) is 0 Å². The first-order valence-electron chi connectivity index (χ1n) is 10.5. The minimum atomic E-state index is -2.03. The Morgan fingerprint density at radius 2 is 1.67 bits per heavy atom. The number of likely N-dealkylation sites (tertiary alicyclic amines) is 1. The normalized spacial score (nSPS) is 20.4. The highest BCUT2D eigenvalue weighted by Gasteiger charge is 2.47. The lowest BCUT2D eigenvalue weighted by atomic mass is 9.96. The second-order valence-corrected chi connectivity index (χ2v) is 15.3. The van der Waals surface area contributed by atoms with Crippen LogP contribution < -0.4 is 4.74 Å². The van der Waals surface area contributed by atoms with Gasteiger partial charge in [0.1, 0.15) is 11.4 Å². The van der Waals surface area contributed by atoms with Crippen LogP contribution in [-0.4, -0.2) is 50.6 Å². The van der Waals surface area contributed by atoms with E-state index in [1.165, 1.54) is 4.90 Å². The molecule has 2 amide bonds. The molecule has 0 aromatic heterocycles. The fraction of sp³-hybridized carbons (Fsp3) is 0.652. The Morgan fingerprint density at radius 3 is 2.13 bits per heavy atom. The Bertz CT molecular complexity index is 761. The van der Waals surface area contributed by atoms with Gasteiger partial charge in [-0.05, 0) is 63.0 Å². The summed E-state index contributed by atoms with van der Waals surface area (Å²) in [5.74, 6) is 0.0840. The van der Waals surface area contributed by atoms with Crippen molar-refractivity contribution < 1.29 is 23.5 Å². The zero-order chi connectivity index (χ0) is 22.9. The van der Waals surface area contributed by atoms with Crippen LogP contribution in [0, 0.1) is 0 Å². The van der Waals surface area contributed by atoms with E-state index in [2.05, 4.69) is 33.9 Å². The quantitative estimate of drug-likeness (QED) is 0.584. The SMILES string of the molecule is COc1ccc([C@@H]2C[C@H](CO[Si](C)(C)C(C)(C)C)N(C(=O)OC(C)(C)C)C2=O)cc1. The Morgan fingerprint density at radius 1 is 1.10 bits per heavy atom. The van der Waals surface area contributed by atoms with Crippen LogP contribution in [-0.2, 0) is 14.0 Å². The second-order valence-electron chi connectivity index (χ2n) is 10.5. The lowest BCUT2D eigenvalue weighted by Gasteiger charge is -2.37. The number of methoxy groups -OCH3 is 1. The van der Waals surface area contributed by atoms with Crippen molar-refractivity contribution in [2.75, 3.05) is 13.7 Å². The highest BCUT2D eigenvalue weighted by Crippen LogP contribution is 2.39. The van der Waals surface area contributed by atoms with E-state index in [0.29, 0.717) is 13.0 Å². The number of imide groups is 1. The molecular weight excluding hydrogens is 398 g/mol. The predicted molar refractivity (Wildman–Crippen MR) is 120 cm³/mol. The average molecular weight is 436 g/mol. The summed E-state index contributed by atoms with van der Waals surface area (Å²) in [5, 5.41) is 0.0434. The van der Waals surface area contributed by atoms with Crippen LogP contribution in [0.15, 0.2) is 24.3 Å². The lowest BCUT2D eigenvalue weighted by molar-refractivity contribution is -0.129. The number of hydrogen-bond acceptors (Lipinski definition) is 5. The number of ether oxygens (including phenoxy) is 2. The first kappa shape index (κ1) is 24.4. The van der Waals surface area contributed by atoms with Crippen molar-refractivity contribution in [2.45, 2.75) is 83.7 Å². The van der Waals surface area contributed by atoms with Crippen molar-refractivity contribution in [3.63, 3.8) is 0 Å². The van der Waals surface area contributed by atoms with E-state index in [-0.39, 0.29) is 17.0 Å². The van der Waals surface area contributed by atoms with Crippen molar-refractivity contribution in [3.05, 3.63) is 29.8 Å². The molecule has 2 atom stereocenters. The Kier molecular flexibility index (Phi) is 7.09. The number of carbonyl (C=O) groups is 2. The van der Waals surface area contributed by atoms with Crippen molar-refractivity contribution in [3.8, 4) is 5.75 Å². The molecule has 0 radical (unpaired) electrons. The van der Waals surface area contributed by atoms with E-state index >= 15 is 0 Å². The van der Waals surface area contributed by atoms with E-state index in [0.717, 1.165) is 11.3 Å². The molecule has 1 aliphatic rings. The van der Waals surface area contributed by atoms with Crippen LogP contribution in [0.2, 0.25) is 18.1 Å². The van der Waals surface area contributed by atoms with E-state index < -0.39 is 25.9 Å². The van der Waals surface area contributed by atoms with Gasteiger partial charge in [-0.3, -0.25) is 4.79 Å². The van der Waals surface area contributed by atoms with Crippen LogP contribution in [0.3, 0.4) is 0 Å². The molecule has 6 nitrogen and oxygen atoms in total. The molecule has 0 N–H and O–H groups in total. The smallest absolute Gasteiger partial charge is 0.417 e. The molecule has 1 aromatic carbocycles. The molecule has 0 bridgehead atoms. The second kappa shape index (κ2) is 8.71. The van der Waals surface area contributed by atoms with Crippen molar-refractivity contribution in [1.29, 1.82) is 0 Å². The van der Waals surface area contributed by atoms with Crippen molar-refractivity contribution in [1.82, 2.24) is 4.90 Å². The summed E-state index contributed by atoms with van der Waals surface area (Å²) < 4.78 is 17.1. The minimum Gasteiger partial charge on any atom is -0.497 e. The zero-order valence-electron chi connectivity index (χ0n) is 19.9. The maximum atomic E-state index is 13.3. The largest absolute Gasteiger partial charge is 0.497 e. The third-order valence-corrected chi connectivity index (χ3v) is 10.5. The van der Waals surface area contributed by atoms with Crippen molar-refractivity contribution in [2.24, 2.45) is 0 Å². The molecule has 2 rings (SSSR count). The van der Waals surface area contributed by atoms with Gasteiger partial charge in [0.15, 0.2) is 8.32 Å². The highest BCUT2D eigenvalue weighted by atomic mass is 28.4. The number of nitrogens with zero attached hydrogens (tertiary/aromatic N) is 1. The summed E-state index contributed by atoms with van der Waals surface area (Å²) in [6.45, 7) is 16.6. The van der Waals surface area contributed by atoms with Crippen molar-refractivity contribution >= 4 is 20.3 Å². The Labute approximate surface area is 182 Å². The molecule has 0 saturated carbocycles. The third kappa shape index (κ3) is 5.63. The molecule has 1 fully saturated rings. The van der Waals surface area contributed by atoms with Crippen LogP contribution >= 0.6 is 0 Å². The molecule has 1 heterocycles. The van der Waals surface area contributed by atoms with Gasteiger partial charge in [-0.15, -0.1) is 0 Å². The standard InChI is InChI=1S/C23H37NO5Si/c1-22(2,3)29-21(26)24-17(15-28-30(8,9)23(4,5)6)14-19(20(24)25)16-10-12-18(27-7)13-11-16/h10-13,17,19H,14-15H2,1-9H3/t17-,19+/m1/s1. The topological polar surface area (TPSA) is 65.1 Å². The monoisotopic (exact) mass is 435 g/mol. The fourth-order valence-electron chi connectivity index (χ4n) is 3.15. The minimum absolute atomic E-state index is 0.0434. The first-order chi connectivity index (χ1) is 13.7. The van der Waals surface area contributed by atoms with Gasteiger partial charge in [0.2, 0.25) is 5.91 Å². The van der Waals surface area contributed by atoms with E-state index in [9.17, 15) is 9.59 Å². The summed E-state index contributed by atoms with van der Waals surface area (Å²) in [6, 6.07) is 7.07. The van der Waals surface area contributed by atoms with Gasteiger partial charge < -0.3 is 13.9 Å². The molecule has 168 valence electrons. The molecule has 0 spiro atoms. The van der Waals surface area contributed by atoms with Gasteiger partial charge in [0.05, 0.1) is 25.7 Å². The Balaban J connectivity index is 2.28. The van der Waals surface area contributed by atoms with E-state index in [1.807, 2.05) is 24.3 Å². The third-order valence-electron chi connectivity index (χ3n) is 5.96. The van der Waals surface area contributed by atoms with Crippen LogP contribution in [0.25, 0.3) is 0 Å². The van der Waals surface area contributed by atoms with Gasteiger partial charge in [0, 0.05) is 0 Å². The van der Waals surface area contributed by atoms with Gasteiger partial charge >= 0.3 is 6.09 Å². The number of carbonyl (C=O) groups excluding carboxylic acids is 2. The lowest BCUT2D eigenvalue weighted by Crippen LogP contribution is -2.48. The van der Waals surface area contributed by atoms with Gasteiger partial charge in [-0.2, -0.15) is 0 Å². The van der Waals surface area contributed by atoms with E-state index in [4.69, 9.17) is 13.9 Å². The van der Waals surface area contributed by atoms with Gasteiger partial charge in [-0.1, -0.05) is 32.9 Å². The van der Waals surface area contributed by atoms with Crippen LogP contribution in [0.1, 0.15) is 59.4 Å². The Hall–Kier alpha value is -1.86. The molecule has 1 saturated heterocycles. The first-order valence-corrected chi connectivity index (χ1v) is 13.4. The van der Waals surface area contributed by atoms with Crippen LogP contribution in [0.4, 0.5) is 4.79 Å². The fourth-order valence-corrected chi connectivity index (χ4v) is 4.20. The number of benzene rings is 1. The van der Waals surface area contributed by atoms with Gasteiger partial charge in [-0.25, -0.2) is 9.69 Å². The number of rotatable bonds is 5. The molecule has 30 heavy (non-hydrogen) atoms. The maximum absolute atomic E-state index is 13.3. The zero-order valence-corrected chi connectivity index (χ0v) is 20.9. The summed E-state index contributed by atoms with van der Waals surface area (Å²) in [5.41, 5.74) is 0.185. The predicted octanol–water partition coefficient (Wildman–Crippen LogP) is 5.34. The van der Waals surface area contributed by atoms with Crippen LogP contribution in [0.5, 0.6) is 5.75 Å². The maximum Gasteiger partial charge on any atom is 0.417 e. The summed E-state index contributed by atoms with van der Waals surface area (Å²) in [6.07, 6.45) is -0.0914. The molecule has 1 aliphatic heterocycles. The highest BCUT2D eigenvalue weighted by molar-refractivity contribution is 6.74. The molecule has 7 heteroatoms. The van der Waals surface area contributed by atoms with E-state index in [1.54, 1.807) is 27.9 Å². The molecular formula is C23H37NO5Si. The summed E-state index contributed by atoms with van der Waals surface area (Å²) >= 11 is 0. The molecule has 1 aromatic rings. The number of hydrogen-bond donors (Lipinski definition) is 0. The average Bonchev–Trinajstić information content (AvgIpc) is 2.94. The number of amides is 2.